The summed E-state index contributed by atoms with van der Waals surface area (Å²) in [6, 6.07) is -0.218. The highest BCUT2D eigenvalue weighted by Gasteiger charge is 2.15. The van der Waals surface area contributed by atoms with Crippen LogP contribution < -0.4 is 32.7 Å². The predicted octanol–water partition coefficient (Wildman–Crippen LogP) is 1.12. The molecular weight excluding hydrogens is 396 g/mol. The van der Waals surface area contributed by atoms with Crippen molar-refractivity contribution in [3.05, 3.63) is 0 Å². The summed E-state index contributed by atoms with van der Waals surface area (Å²) in [4.78, 5) is 34.6. The van der Waals surface area contributed by atoms with Gasteiger partial charge in [0.15, 0.2) is 5.78 Å². The van der Waals surface area contributed by atoms with Gasteiger partial charge in [-0.05, 0) is 39.3 Å². The van der Waals surface area contributed by atoms with Crippen LogP contribution >= 0.6 is 0 Å². The number of rotatable bonds is 18. The molecule has 0 unspecified atom stereocenters. The lowest BCUT2D eigenvalue weighted by Crippen LogP contribution is -2.43. The smallest absolute Gasteiger partial charge is 0.237 e. The number of amides is 2. The molecule has 0 aliphatic carbocycles. The van der Waals surface area contributed by atoms with E-state index in [1.807, 2.05) is 20.8 Å². The van der Waals surface area contributed by atoms with Crippen LogP contribution in [0.4, 0.5) is 0 Å². The predicted molar refractivity (Wildman–Crippen MR) is 132 cm³/mol. The number of nitrogens with two attached hydrogens (primary N) is 2. The van der Waals surface area contributed by atoms with Crippen LogP contribution in [0.25, 0.3) is 0 Å². The zero-order valence-corrected chi connectivity index (χ0v) is 18.8. The van der Waals surface area contributed by atoms with E-state index >= 15 is 0 Å². The molecule has 9 heteroatoms. The van der Waals surface area contributed by atoms with Gasteiger partial charge in [-0.3, -0.25) is 19.7 Å². The van der Waals surface area contributed by atoms with Gasteiger partial charge >= 0.3 is 0 Å². The van der Waals surface area contributed by atoms with Crippen molar-refractivity contribution in [2.45, 2.75) is 80.2 Å². The summed E-state index contributed by atoms with van der Waals surface area (Å²) in [6.07, 6.45) is 4.96. The Labute approximate surface area is 191 Å². The fourth-order valence-electron chi connectivity index (χ4n) is 2.56. The lowest BCUT2D eigenvalue weighted by molar-refractivity contribution is -0.123. The molecule has 0 heterocycles. The summed E-state index contributed by atoms with van der Waals surface area (Å²) in [5.74, 6) is -0.318. The molecule has 0 aromatic heterocycles. The third-order valence-corrected chi connectivity index (χ3v) is 4.40. The van der Waals surface area contributed by atoms with Crippen molar-refractivity contribution in [1.82, 2.24) is 21.3 Å². The standard InChI is InChI=1S/C18H38N6O3.C2H6.2CH4/c1-14(17(20)26)7-3-6-10-24-18(27)16(21-2)8-4-5-9-22-11-15(25)12-23-13-19;1-2;;/h14,16,21-23H,3-13,19H2,1-2H3,(H2,20,26)(H,24,27);1-2H3;2*1H4/t14-,16-;;;/m0.../s1. The number of nitrogens with one attached hydrogen (secondary N) is 4. The van der Waals surface area contributed by atoms with Crippen LogP contribution in [0, 0.1) is 5.92 Å². The Morgan fingerprint density at radius 1 is 0.871 bits per heavy atom. The molecule has 0 spiro atoms. The SMILES string of the molecule is C.C.CC.CN[C@@H](CCCCNCC(=O)CNCN)C(=O)NCCCC[C@H](C)C(N)=O. The summed E-state index contributed by atoms with van der Waals surface area (Å²) in [5.41, 5.74) is 10.5. The Balaban J connectivity index is -0.000000882. The highest BCUT2D eigenvalue weighted by atomic mass is 16.2. The van der Waals surface area contributed by atoms with Crippen LogP contribution in [0.2, 0.25) is 0 Å². The van der Waals surface area contributed by atoms with Gasteiger partial charge in [-0.2, -0.15) is 0 Å². The minimum Gasteiger partial charge on any atom is -0.369 e. The van der Waals surface area contributed by atoms with Crippen molar-refractivity contribution in [2.24, 2.45) is 17.4 Å². The molecule has 2 atom stereocenters. The van der Waals surface area contributed by atoms with E-state index in [-0.39, 0.29) is 51.0 Å². The molecule has 0 bridgehead atoms. The Hall–Kier alpha value is -1.55. The Morgan fingerprint density at radius 2 is 1.42 bits per heavy atom. The van der Waals surface area contributed by atoms with Gasteiger partial charge in [0.05, 0.1) is 19.1 Å². The highest BCUT2D eigenvalue weighted by Crippen LogP contribution is 2.06. The van der Waals surface area contributed by atoms with E-state index in [9.17, 15) is 14.4 Å². The molecule has 2 amide bonds. The average molecular weight is 449 g/mol. The number of ketones is 1. The topological polar surface area (TPSA) is 151 Å². The van der Waals surface area contributed by atoms with Gasteiger partial charge in [-0.25, -0.2) is 0 Å². The summed E-state index contributed by atoms with van der Waals surface area (Å²) >= 11 is 0. The van der Waals surface area contributed by atoms with Crippen molar-refractivity contribution < 1.29 is 14.4 Å². The van der Waals surface area contributed by atoms with E-state index in [0.717, 1.165) is 45.1 Å². The number of carbonyl (C=O) groups excluding carboxylic acids is 3. The van der Waals surface area contributed by atoms with Crippen LogP contribution in [0.15, 0.2) is 0 Å². The van der Waals surface area contributed by atoms with Crippen LogP contribution in [-0.4, -0.2) is 63.5 Å². The van der Waals surface area contributed by atoms with Crippen molar-refractivity contribution in [2.75, 3.05) is 39.9 Å². The summed E-state index contributed by atoms with van der Waals surface area (Å²) in [5, 5.41) is 11.8. The normalized spacial score (nSPS) is 11.6. The number of hydrogen-bond donors (Lipinski definition) is 6. The first-order chi connectivity index (χ1) is 13.9. The minimum atomic E-state index is -0.277. The quantitative estimate of drug-likeness (QED) is 0.136. The van der Waals surface area contributed by atoms with Crippen molar-refractivity contribution in [1.29, 1.82) is 0 Å². The summed E-state index contributed by atoms with van der Waals surface area (Å²) in [6.45, 7) is 8.07. The molecule has 8 N–H and O–H groups in total. The first-order valence-electron chi connectivity index (χ1n) is 10.8. The van der Waals surface area contributed by atoms with Gasteiger partial charge in [-0.15, -0.1) is 0 Å². The van der Waals surface area contributed by atoms with E-state index in [4.69, 9.17) is 11.5 Å². The maximum absolute atomic E-state index is 12.2. The molecule has 0 saturated carbocycles. The summed E-state index contributed by atoms with van der Waals surface area (Å²) < 4.78 is 0. The van der Waals surface area contributed by atoms with E-state index in [0.29, 0.717) is 19.8 Å². The molecule has 9 nitrogen and oxygen atoms in total. The van der Waals surface area contributed by atoms with E-state index < -0.39 is 0 Å². The molecule has 0 aromatic carbocycles. The van der Waals surface area contributed by atoms with Gasteiger partial charge < -0.3 is 27.4 Å². The molecule has 0 aliphatic rings. The van der Waals surface area contributed by atoms with Gasteiger partial charge in [0.1, 0.15) is 0 Å². The molecule has 0 aliphatic heterocycles. The zero-order valence-electron chi connectivity index (χ0n) is 18.8. The van der Waals surface area contributed by atoms with Crippen LogP contribution in [0.5, 0.6) is 0 Å². The number of primary amides is 1. The average Bonchev–Trinajstić information content (AvgIpc) is 2.72. The van der Waals surface area contributed by atoms with Crippen LogP contribution in [-0.2, 0) is 14.4 Å². The molecule has 0 fully saturated rings. The lowest BCUT2D eigenvalue weighted by atomic mass is 10.0. The maximum atomic E-state index is 12.2. The third kappa shape index (κ3) is 22.9. The second-order valence-electron chi connectivity index (χ2n) is 6.77. The number of carbonyl (C=O) groups is 3. The van der Waals surface area contributed by atoms with E-state index in [1.54, 1.807) is 7.05 Å². The maximum Gasteiger partial charge on any atom is 0.237 e. The Morgan fingerprint density at radius 3 is 1.97 bits per heavy atom. The number of hydrogen-bond acceptors (Lipinski definition) is 7. The minimum absolute atomic E-state index is 0. The molecule has 31 heavy (non-hydrogen) atoms. The van der Waals surface area contributed by atoms with Gasteiger partial charge in [-0.1, -0.05) is 48.5 Å². The van der Waals surface area contributed by atoms with Gasteiger partial charge in [0.2, 0.25) is 11.8 Å². The van der Waals surface area contributed by atoms with Crippen molar-refractivity contribution >= 4 is 17.6 Å². The Kier molecular flexibility index (Phi) is 31.4. The summed E-state index contributed by atoms with van der Waals surface area (Å²) in [7, 11) is 1.78. The highest BCUT2D eigenvalue weighted by molar-refractivity contribution is 5.82. The molecule has 0 radical (unpaired) electrons. The van der Waals surface area contributed by atoms with E-state index in [2.05, 4.69) is 21.3 Å². The third-order valence-electron chi connectivity index (χ3n) is 4.40. The fraction of sp³-hybridized carbons (Fsp3) is 0.864. The molecule has 0 saturated heterocycles. The number of Topliss-reactive ketones (excluding diaryl/α,β-unsaturated/α-hetero) is 1. The second kappa shape index (κ2) is 26.5. The monoisotopic (exact) mass is 448 g/mol. The molecule has 0 aromatic rings. The number of unbranched alkanes of at least 4 members (excludes halogenated alkanes) is 2. The first kappa shape index (κ1) is 36.8. The largest absolute Gasteiger partial charge is 0.369 e. The van der Waals surface area contributed by atoms with Crippen molar-refractivity contribution in [3.63, 3.8) is 0 Å². The Bertz CT molecular complexity index is 435. The molecule has 188 valence electrons. The fourth-order valence-corrected chi connectivity index (χ4v) is 2.56. The second-order valence-corrected chi connectivity index (χ2v) is 6.77. The molecular formula is C22H52N6O3. The first-order valence-corrected chi connectivity index (χ1v) is 10.8. The molecule has 0 rings (SSSR count). The van der Waals surface area contributed by atoms with E-state index in [1.165, 1.54) is 0 Å². The van der Waals surface area contributed by atoms with Crippen LogP contribution in [0.3, 0.4) is 0 Å². The zero-order chi connectivity index (χ0) is 22.5. The van der Waals surface area contributed by atoms with Gasteiger partial charge in [0, 0.05) is 19.1 Å². The van der Waals surface area contributed by atoms with Crippen LogP contribution in [0.1, 0.15) is 74.1 Å². The van der Waals surface area contributed by atoms with Crippen molar-refractivity contribution in [3.8, 4) is 0 Å². The number of likely N-dealkylation sites (N-methyl/N-ethyl adjacent to an activating group) is 1. The van der Waals surface area contributed by atoms with Gasteiger partial charge in [0.25, 0.3) is 0 Å². The lowest BCUT2D eigenvalue weighted by Gasteiger charge is -2.16.